The third-order valence-corrected chi connectivity index (χ3v) is 4.80. The highest BCUT2D eigenvalue weighted by Gasteiger charge is 2.53. The van der Waals surface area contributed by atoms with Crippen molar-refractivity contribution in [2.24, 2.45) is 5.41 Å². The standard InChI is InChI=1S/C12H21BBrFO2/c1-10(2,8-14)7-9(15)13-16-11(3,4)12(5,6)17-13/h7H,8H2,1-6H3. The van der Waals surface area contributed by atoms with Gasteiger partial charge in [0.05, 0.1) is 11.2 Å². The van der Waals surface area contributed by atoms with Crippen LogP contribution in [-0.2, 0) is 9.31 Å². The monoisotopic (exact) mass is 306 g/mol. The van der Waals surface area contributed by atoms with Crippen LogP contribution < -0.4 is 0 Å². The molecule has 17 heavy (non-hydrogen) atoms. The zero-order valence-electron chi connectivity index (χ0n) is 11.4. The maximum absolute atomic E-state index is 14.1. The molecule has 0 bridgehead atoms. The minimum atomic E-state index is -0.890. The zero-order valence-corrected chi connectivity index (χ0v) is 13.0. The maximum atomic E-state index is 14.1. The highest BCUT2D eigenvalue weighted by molar-refractivity contribution is 9.09. The van der Waals surface area contributed by atoms with Crippen molar-refractivity contribution in [3.8, 4) is 0 Å². The molecule has 1 saturated heterocycles. The highest BCUT2D eigenvalue weighted by atomic mass is 79.9. The van der Waals surface area contributed by atoms with Gasteiger partial charge in [0, 0.05) is 5.33 Å². The predicted octanol–water partition coefficient (Wildman–Crippen LogP) is 3.89. The van der Waals surface area contributed by atoms with Gasteiger partial charge in [-0.1, -0.05) is 29.8 Å². The largest absolute Gasteiger partial charge is 0.524 e. The van der Waals surface area contributed by atoms with Gasteiger partial charge in [0.25, 0.3) is 0 Å². The summed E-state index contributed by atoms with van der Waals surface area (Å²) in [5.41, 5.74) is -1.61. The molecular formula is C12H21BBrFO2. The molecule has 1 rings (SSSR count). The fourth-order valence-electron chi connectivity index (χ4n) is 1.44. The second kappa shape index (κ2) is 4.67. The molecule has 0 aromatic heterocycles. The van der Waals surface area contributed by atoms with Gasteiger partial charge in [-0.25, -0.2) is 4.39 Å². The Balaban J connectivity index is 2.85. The van der Waals surface area contributed by atoms with Gasteiger partial charge in [-0.05, 0) is 39.2 Å². The highest BCUT2D eigenvalue weighted by Crippen LogP contribution is 2.39. The van der Waals surface area contributed by atoms with Crippen LogP contribution in [0.1, 0.15) is 41.5 Å². The Bertz CT molecular complexity index is 310. The first-order valence-electron chi connectivity index (χ1n) is 5.81. The molecule has 0 aliphatic carbocycles. The van der Waals surface area contributed by atoms with Crippen molar-refractivity contribution in [3.63, 3.8) is 0 Å². The number of hydrogen-bond donors (Lipinski definition) is 0. The second-order valence-corrected chi connectivity index (χ2v) is 6.80. The zero-order chi connectivity index (χ0) is 13.5. The summed E-state index contributed by atoms with van der Waals surface area (Å²) in [5.74, 6) is 0. The molecule has 98 valence electrons. The summed E-state index contributed by atoms with van der Waals surface area (Å²) in [6.07, 6.45) is 1.56. The lowest BCUT2D eigenvalue weighted by Crippen LogP contribution is -2.41. The van der Waals surface area contributed by atoms with Crippen molar-refractivity contribution in [1.82, 2.24) is 0 Å². The normalized spacial score (nSPS) is 24.2. The van der Waals surface area contributed by atoms with E-state index in [9.17, 15) is 4.39 Å². The van der Waals surface area contributed by atoms with E-state index in [4.69, 9.17) is 9.31 Å². The van der Waals surface area contributed by atoms with Crippen LogP contribution >= 0.6 is 15.9 Å². The Morgan fingerprint density at radius 2 is 1.65 bits per heavy atom. The molecule has 0 spiro atoms. The summed E-state index contributed by atoms with van der Waals surface area (Å²) in [4.78, 5) is 0. The first-order valence-corrected chi connectivity index (χ1v) is 6.93. The molecule has 5 heteroatoms. The van der Waals surface area contributed by atoms with E-state index in [1.54, 1.807) is 6.08 Å². The van der Waals surface area contributed by atoms with E-state index in [0.29, 0.717) is 5.33 Å². The predicted molar refractivity (Wildman–Crippen MR) is 72.8 cm³/mol. The molecule has 0 aromatic carbocycles. The van der Waals surface area contributed by atoms with E-state index in [0.717, 1.165) is 0 Å². The van der Waals surface area contributed by atoms with Crippen molar-refractivity contribution in [1.29, 1.82) is 0 Å². The molecule has 0 aromatic rings. The van der Waals surface area contributed by atoms with E-state index < -0.39 is 18.3 Å². The summed E-state index contributed by atoms with van der Waals surface area (Å²) in [7, 11) is -0.890. The van der Waals surface area contributed by atoms with E-state index in [-0.39, 0.29) is 11.1 Å². The number of rotatable bonds is 3. The van der Waals surface area contributed by atoms with Crippen LogP contribution in [0.4, 0.5) is 4.39 Å². The molecule has 2 nitrogen and oxygen atoms in total. The maximum Gasteiger partial charge on any atom is 0.524 e. The molecule has 1 aliphatic rings. The third kappa shape index (κ3) is 3.33. The van der Waals surface area contributed by atoms with Crippen LogP contribution in [0.2, 0.25) is 0 Å². The summed E-state index contributed by atoms with van der Waals surface area (Å²) >= 11 is 3.36. The van der Waals surface area contributed by atoms with Crippen molar-refractivity contribution in [2.45, 2.75) is 52.7 Å². The van der Waals surface area contributed by atoms with Crippen molar-refractivity contribution < 1.29 is 13.7 Å². The molecule has 0 unspecified atom stereocenters. The van der Waals surface area contributed by atoms with Gasteiger partial charge in [-0.3, -0.25) is 0 Å². The summed E-state index contributed by atoms with van der Waals surface area (Å²) in [6, 6.07) is 0. The number of halogens is 2. The lowest BCUT2D eigenvalue weighted by molar-refractivity contribution is 0.00578. The van der Waals surface area contributed by atoms with Gasteiger partial charge in [0.1, 0.15) is 5.73 Å². The van der Waals surface area contributed by atoms with E-state index in [2.05, 4.69) is 15.9 Å². The SMILES string of the molecule is CC(C)(C=C(F)B1OC(C)(C)C(C)(C)O1)CBr. The van der Waals surface area contributed by atoms with Gasteiger partial charge in [0.2, 0.25) is 0 Å². The summed E-state index contributed by atoms with van der Waals surface area (Å²) < 4.78 is 25.3. The topological polar surface area (TPSA) is 18.5 Å². The molecule has 0 radical (unpaired) electrons. The van der Waals surface area contributed by atoms with Crippen LogP contribution in [0.25, 0.3) is 0 Å². The average molecular weight is 307 g/mol. The van der Waals surface area contributed by atoms with Crippen molar-refractivity contribution in [3.05, 3.63) is 11.8 Å². The van der Waals surface area contributed by atoms with E-state index in [1.807, 2.05) is 41.5 Å². The molecule has 0 saturated carbocycles. The number of allylic oxidation sites excluding steroid dienone is 1. The average Bonchev–Trinajstić information content (AvgIpc) is 2.36. The first-order chi connectivity index (χ1) is 7.51. The lowest BCUT2D eigenvalue weighted by atomic mass is 9.82. The number of alkyl halides is 1. The second-order valence-electron chi connectivity index (χ2n) is 6.24. The van der Waals surface area contributed by atoms with Gasteiger partial charge in [-0.2, -0.15) is 0 Å². The smallest absolute Gasteiger partial charge is 0.398 e. The van der Waals surface area contributed by atoms with Gasteiger partial charge >= 0.3 is 7.12 Å². The fourth-order valence-corrected chi connectivity index (χ4v) is 1.60. The minimum absolute atomic E-state index is 0.256. The van der Waals surface area contributed by atoms with Crippen LogP contribution in [0.5, 0.6) is 0 Å². The Hall–Kier alpha value is 0.135. The van der Waals surface area contributed by atoms with Gasteiger partial charge in [0.15, 0.2) is 0 Å². The molecule has 1 fully saturated rings. The Morgan fingerprint density at radius 3 is 2.00 bits per heavy atom. The van der Waals surface area contributed by atoms with Crippen molar-refractivity contribution >= 4 is 23.0 Å². The number of hydrogen-bond acceptors (Lipinski definition) is 2. The van der Waals surface area contributed by atoms with Gasteiger partial charge in [-0.15, -0.1) is 0 Å². The molecule has 0 amide bonds. The van der Waals surface area contributed by atoms with E-state index >= 15 is 0 Å². The Labute approximate surface area is 112 Å². The quantitative estimate of drug-likeness (QED) is 0.582. The van der Waals surface area contributed by atoms with Crippen molar-refractivity contribution in [2.75, 3.05) is 5.33 Å². The first kappa shape index (κ1) is 15.2. The molecular weight excluding hydrogens is 286 g/mol. The molecule has 0 atom stereocenters. The Kier molecular flexibility index (Phi) is 4.17. The van der Waals surface area contributed by atoms with Gasteiger partial charge < -0.3 is 9.31 Å². The lowest BCUT2D eigenvalue weighted by Gasteiger charge is -2.32. The molecule has 1 aliphatic heterocycles. The third-order valence-electron chi connectivity index (χ3n) is 3.35. The van der Waals surface area contributed by atoms with Crippen LogP contribution in [-0.4, -0.2) is 23.7 Å². The minimum Gasteiger partial charge on any atom is -0.398 e. The van der Waals surface area contributed by atoms with Crippen LogP contribution in [0.3, 0.4) is 0 Å². The van der Waals surface area contributed by atoms with Crippen LogP contribution in [0.15, 0.2) is 11.8 Å². The molecule has 0 N–H and O–H groups in total. The fraction of sp³-hybridized carbons (Fsp3) is 0.833. The summed E-state index contributed by atoms with van der Waals surface area (Å²) in [6.45, 7) is 11.6. The van der Waals surface area contributed by atoms with Crippen LogP contribution in [0, 0.1) is 5.41 Å². The summed E-state index contributed by atoms with van der Waals surface area (Å²) in [5, 5.41) is 0.687. The van der Waals surface area contributed by atoms with E-state index in [1.165, 1.54) is 0 Å². The Morgan fingerprint density at radius 1 is 1.24 bits per heavy atom. The molecule has 1 heterocycles.